The topological polar surface area (TPSA) is 74.2 Å². The predicted octanol–water partition coefficient (Wildman–Crippen LogP) is 5.95. The molecule has 200 valence electrons. The number of allylic oxidation sites excluding steroid dienone is 2. The predicted molar refractivity (Wildman–Crippen MR) is 146 cm³/mol. The first-order valence-corrected chi connectivity index (χ1v) is 12.8. The molecule has 0 amide bonds. The van der Waals surface area contributed by atoms with Crippen LogP contribution in [0.25, 0.3) is 11.3 Å². The minimum Gasteiger partial charge on any atom is -0.343 e. The van der Waals surface area contributed by atoms with Gasteiger partial charge < -0.3 is 10.2 Å². The Morgan fingerprint density at radius 3 is 2.63 bits per heavy atom. The molecule has 0 saturated carbocycles. The Morgan fingerprint density at radius 2 is 1.95 bits per heavy atom. The zero-order chi connectivity index (χ0) is 27.6. The van der Waals surface area contributed by atoms with Gasteiger partial charge in [-0.3, -0.25) is 9.69 Å². The molecule has 1 N–H and O–H groups in total. The summed E-state index contributed by atoms with van der Waals surface area (Å²) in [7, 11) is 0. The highest BCUT2D eigenvalue weighted by molar-refractivity contribution is 5.77. The average molecular weight is 521 g/mol. The van der Waals surface area contributed by atoms with E-state index >= 15 is 4.39 Å². The number of pyridine rings is 1. The third-order valence-electron chi connectivity index (χ3n) is 6.72. The highest BCUT2D eigenvalue weighted by atomic mass is 19.1. The molecule has 0 saturated heterocycles. The van der Waals surface area contributed by atoms with Gasteiger partial charge in [-0.2, -0.15) is 0 Å². The molecule has 4 rings (SSSR count). The Labute approximate surface area is 222 Å². The maximum atomic E-state index is 15.1. The van der Waals surface area contributed by atoms with Gasteiger partial charge in [-0.25, -0.2) is 23.7 Å². The maximum absolute atomic E-state index is 15.1. The van der Waals surface area contributed by atoms with Gasteiger partial charge in [-0.15, -0.1) is 0 Å². The van der Waals surface area contributed by atoms with Crippen LogP contribution in [-0.2, 0) is 17.8 Å². The van der Waals surface area contributed by atoms with E-state index in [-0.39, 0.29) is 23.5 Å². The molecule has 0 fully saturated rings. The zero-order valence-corrected chi connectivity index (χ0v) is 22.8. The molecule has 0 unspecified atom stereocenters. The fourth-order valence-electron chi connectivity index (χ4n) is 4.80. The molecule has 0 bridgehead atoms. The molecular formula is C29H34F2N6O. The summed E-state index contributed by atoms with van der Waals surface area (Å²) in [6.07, 6.45) is 3.76. The van der Waals surface area contributed by atoms with Crippen molar-refractivity contribution >= 4 is 23.2 Å². The van der Waals surface area contributed by atoms with Gasteiger partial charge in [0.25, 0.3) is 0 Å². The van der Waals surface area contributed by atoms with Crippen LogP contribution in [0.3, 0.4) is 0 Å². The molecule has 9 heteroatoms. The number of hydrogen-bond acceptors (Lipinski definition) is 7. The molecular weight excluding hydrogens is 486 g/mol. The number of nitrogens with zero attached hydrogens (tertiary/aromatic N) is 5. The van der Waals surface area contributed by atoms with Crippen molar-refractivity contribution in [1.82, 2.24) is 19.9 Å². The van der Waals surface area contributed by atoms with E-state index in [4.69, 9.17) is 0 Å². The van der Waals surface area contributed by atoms with Gasteiger partial charge in [0.15, 0.2) is 5.82 Å². The molecule has 3 heterocycles. The highest BCUT2D eigenvalue weighted by Crippen LogP contribution is 2.34. The summed E-state index contributed by atoms with van der Waals surface area (Å²) in [6.45, 7) is 13.1. The molecule has 2 aromatic heterocycles. The van der Waals surface area contributed by atoms with E-state index in [9.17, 15) is 9.18 Å². The number of carbonyl (C=O) groups excluding carboxylic acids is 1. The van der Waals surface area contributed by atoms with Gasteiger partial charge in [0.2, 0.25) is 5.95 Å². The normalized spacial score (nSPS) is 14.0. The molecule has 7 nitrogen and oxygen atoms in total. The minimum atomic E-state index is -0.646. The van der Waals surface area contributed by atoms with Crippen molar-refractivity contribution in [2.75, 3.05) is 23.3 Å². The van der Waals surface area contributed by atoms with E-state index in [1.54, 1.807) is 19.9 Å². The first kappa shape index (κ1) is 27.3. The van der Waals surface area contributed by atoms with Gasteiger partial charge >= 0.3 is 0 Å². The molecule has 1 aliphatic heterocycles. The third kappa shape index (κ3) is 5.88. The number of nitrogens with one attached hydrogen (secondary N) is 1. The van der Waals surface area contributed by atoms with Gasteiger partial charge in [-0.1, -0.05) is 12.1 Å². The molecule has 1 aromatic carbocycles. The van der Waals surface area contributed by atoms with E-state index in [1.807, 2.05) is 50.8 Å². The summed E-state index contributed by atoms with van der Waals surface area (Å²) in [5.74, 6) is -0.247. The van der Waals surface area contributed by atoms with Crippen molar-refractivity contribution in [2.24, 2.45) is 0 Å². The third-order valence-corrected chi connectivity index (χ3v) is 6.72. The van der Waals surface area contributed by atoms with Gasteiger partial charge in [0, 0.05) is 53.8 Å². The van der Waals surface area contributed by atoms with Crippen molar-refractivity contribution in [2.45, 2.75) is 60.5 Å². The number of fused-ring (bicyclic) bond motifs is 1. The molecule has 0 radical (unpaired) electrons. The standard InChI is InChI=1S/C29H34F2N6O/c1-7-18(4)37(17(2)3)26-13-22(12-23(30)20(26)6)28-24(31)14-32-29(35-28)34-27-9-8-21-16-36(15-19(5)38)11-10-25(21)33-27/h7-9,12-14,17H,10-11,15-16H2,1-6H3,(H,32,33,34,35)/b18-7-. The quantitative estimate of drug-likeness (QED) is 0.393. The van der Waals surface area contributed by atoms with E-state index in [0.717, 1.165) is 36.1 Å². The van der Waals surface area contributed by atoms with Crippen LogP contribution in [0.5, 0.6) is 0 Å². The van der Waals surface area contributed by atoms with E-state index in [2.05, 4.69) is 25.2 Å². The van der Waals surface area contributed by atoms with Crippen molar-refractivity contribution in [3.63, 3.8) is 0 Å². The lowest BCUT2D eigenvalue weighted by Gasteiger charge is -2.31. The van der Waals surface area contributed by atoms with Crippen molar-refractivity contribution in [3.05, 3.63) is 70.7 Å². The van der Waals surface area contributed by atoms with Crippen LogP contribution in [0.2, 0.25) is 0 Å². The first-order valence-electron chi connectivity index (χ1n) is 12.8. The summed E-state index contributed by atoms with van der Waals surface area (Å²) >= 11 is 0. The van der Waals surface area contributed by atoms with Crippen LogP contribution in [-0.4, -0.2) is 44.8 Å². The molecule has 1 aliphatic rings. The molecule has 0 spiro atoms. The number of carbonyl (C=O) groups is 1. The molecule has 3 aromatic rings. The van der Waals surface area contributed by atoms with Crippen LogP contribution in [0, 0.1) is 18.6 Å². The number of anilines is 3. The second-order valence-corrected chi connectivity index (χ2v) is 9.98. The summed E-state index contributed by atoms with van der Waals surface area (Å²) in [6, 6.07) is 6.92. The maximum Gasteiger partial charge on any atom is 0.229 e. The van der Waals surface area contributed by atoms with Crippen LogP contribution < -0.4 is 10.2 Å². The number of benzene rings is 1. The van der Waals surface area contributed by atoms with E-state index in [1.165, 1.54) is 6.07 Å². The van der Waals surface area contributed by atoms with Crippen molar-refractivity contribution in [1.29, 1.82) is 0 Å². The Bertz CT molecular complexity index is 1390. The lowest BCUT2D eigenvalue weighted by molar-refractivity contribution is -0.118. The van der Waals surface area contributed by atoms with E-state index in [0.29, 0.717) is 35.7 Å². The Kier molecular flexibility index (Phi) is 8.16. The summed E-state index contributed by atoms with van der Waals surface area (Å²) in [5, 5.41) is 3.06. The number of halogens is 2. The highest BCUT2D eigenvalue weighted by Gasteiger charge is 2.21. The van der Waals surface area contributed by atoms with Crippen LogP contribution in [0.1, 0.15) is 51.4 Å². The van der Waals surface area contributed by atoms with Crippen molar-refractivity contribution in [3.8, 4) is 11.3 Å². The van der Waals surface area contributed by atoms with Crippen LogP contribution >= 0.6 is 0 Å². The Hall–Kier alpha value is -3.72. The lowest BCUT2D eigenvalue weighted by Crippen LogP contribution is -2.34. The molecule has 0 aliphatic carbocycles. The van der Waals surface area contributed by atoms with Gasteiger partial charge in [0.05, 0.1) is 12.7 Å². The number of ketones is 1. The fraction of sp³-hybridized carbons (Fsp3) is 0.379. The summed E-state index contributed by atoms with van der Waals surface area (Å²) < 4.78 is 30.0. The van der Waals surface area contributed by atoms with Gasteiger partial charge in [0.1, 0.15) is 23.1 Å². The van der Waals surface area contributed by atoms with Gasteiger partial charge in [-0.05, 0) is 65.3 Å². The lowest BCUT2D eigenvalue weighted by atomic mass is 10.0. The Balaban J connectivity index is 1.64. The second kappa shape index (κ2) is 11.3. The smallest absolute Gasteiger partial charge is 0.229 e. The summed E-state index contributed by atoms with van der Waals surface area (Å²) in [5.41, 5.74) is 4.44. The molecule has 38 heavy (non-hydrogen) atoms. The molecule has 0 atom stereocenters. The first-order chi connectivity index (χ1) is 18.1. The fourth-order valence-corrected chi connectivity index (χ4v) is 4.80. The minimum absolute atomic E-state index is 0.00215. The van der Waals surface area contributed by atoms with Crippen molar-refractivity contribution < 1.29 is 13.6 Å². The zero-order valence-electron chi connectivity index (χ0n) is 22.8. The SMILES string of the molecule is C/C=C(/C)N(c1cc(-c2nc(Nc3ccc4c(n3)CCN(CC(C)=O)C4)ncc2F)cc(F)c1C)C(C)C. The number of hydrogen-bond donors (Lipinski definition) is 1. The average Bonchev–Trinajstić information content (AvgIpc) is 2.87. The second-order valence-electron chi connectivity index (χ2n) is 9.98. The monoisotopic (exact) mass is 520 g/mol. The van der Waals surface area contributed by atoms with Crippen LogP contribution in [0.15, 0.2) is 42.2 Å². The van der Waals surface area contributed by atoms with E-state index < -0.39 is 11.6 Å². The Morgan fingerprint density at radius 1 is 1.18 bits per heavy atom. The number of rotatable bonds is 8. The van der Waals surface area contributed by atoms with Crippen LogP contribution in [0.4, 0.5) is 26.2 Å². The largest absolute Gasteiger partial charge is 0.343 e. The summed E-state index contributed by atoms with van der Waals surface area (Å²) in [4.78, 5) is 28.8. The number of aromatic nitrogens is 3. The number of Topliss-reactive ketones (excluding diaryl/α,β-unsaturated/α-hetero) is 1.